The molecule has 2 unspecified atom stereocenters. The van der Waals surface area contributed by atoms with E-state index >= 15 is 0 Å². The molecule has 1 heterocycles. The Labute approximate surface area is 171 Å². The van der Waals surface area contributed by atoms with Crippen LogP contribution >= 0.6 is 24.8 Å². The fraction of sp³-hybridized carbons (Fsp3) is 0.529. The van der Waals surface area contributed by atoms with E-state index in [1.807, 2.05) is 24.3 Å². The molecule has 3 N–H and O–H groups in total. The highest BCUT2D eigenvalue weighted by Crippen LogP contribution is 2.24. The van der Waals surface area contributed by atoms with Crippen molar-refractivity contribution in [2.24, 2.45) is 11.7 Å². The summed E-state index contributed by atoms with van der Waals surface area (Å²) in [4.78, 5) is 16.9. The van der Waals surface area contributed by atoms with Gasteiger partial charge in [-0.1, -0.05) is 18.6 Å². The maximum absolute atomic E-state index is 12.5. The SMILES string of the molecule is CS(=O)(=O)Cc1nc2ccccc2n1CC(=O)NC1CCCC1CN.Cl.Cl. The molecular formula is C17H26Cl2N4O3S. The number of nitrogens with one attached hydrogen (secondary N) is 1. The Kier molecular flexibility index (Phi) is 8.53. The predicted molar refractivity (Wildman–Crippen MR) is 111 cm³/mol. The number of benzene rings is 1. The molecule has 7 nitrogen and oxygen atoms in total. The summed E-state index contributed by atoms with van der Waals surface area (Å²) in [5, 5.41) is 3.06. The Bertz CT molecular complexity index is 885. The quantitative estimate of drug-likeness (QED) is 0.715. The highest BCUT2D eigenvalue weighted by atomic mass is 35.5. The van der Waals surface area contributed by atoms with Crippen molar-refractivity contribution in [2.45, 2.75) is 37.6 Å². The van der Waals surface area contributed by atoms with Crippen LogP contribution in [-0.2, 0) is 26.9 Å². The van der Waals surface area contributed by atoms with Crippen molar-refractivity contribution in [3.05, 3.63) is 30.1 Å². The monoisotopic (exact) mass is 436 g/mol. The Morgan fingerprint density at radius 2 is 2.00 bits per heavy atom. The number of nitrogens with zero attached hydrogens (tertiary/aromatic N) is 2. The summed E-state index contributed by atoms with van der Waals surface area (Å²) in [5.41, 5.74) is 7.22. The van der Waals surface area contributed by atoms with Gasteiger partial charge >= 0.3 is 0 Å². The molecule has 27 heavy (non-hydrogen) atoms. The van der Waals surface area contributed by atoms with Gasteiger partial charge in [0.1, 0.15) is 18.1 Å². The highest BCUT2D eigenvalue weighted by molar-refractivity contribution is 7.89. The van der Waals surface area contributed by atoms with Gasteiger partial charge in [0.25, 0.3) is 0 Å². The van der Waals surface area contributed by atoms with Crippen LogP contribution in [0.15, 0.2) is 24.3 Å². The zero-order valence-corrected chi connectivity index (χ0v) is 17.6. The van der Waals surface area contributed by atoms with E-state index in [1.54, 1.807) is 4.57 Å². The lowest BCUT2D eigenvalue weighted by Crippen LogP contribution is -2.41. The van der Waals surface area contributed by atoms with Gasteiger partial charge < -0.3 is 15.6 Å². The lowest BCUT2D eigenvalue weighted by Gasteiger charge is -2.20. The van der Waals surface area contributed by atoms with E-state index in [0.29, 0.717) is 23.8 Å². The Balaban J connectivity index is 0.00000182. The van der Waals surface area contributed by atoms with E-state index in [2.05, 4.69) is 10.3 Å². The molecule has 1 fully saturated rings. The number of carbonyl (C=O) groups is 1. The number of rotatable bonds is 6. The fourth-order valence-corrected chi connectivity index (χ4v) is 4.24. The Morgan fingerprint density at radius 1 is 1.30 bits per heavy atom. The second-order valence-corrected chi connectivity index (χ2v) is 8.91. The highest BCUT2D eigenvalue weighted by Gasteiger charge is 2.27. The number of carbonyl (C=O) groups excluding carboxylic acids is 1. The normalized spacial score (nSPS) is 19.3. The number of sulfone groups is 1. The molecule has 0 bridgehead atoms. The molecule has 1 aromatic carbocycles. The summed E-state index contributed by atoms with van der Waals surface area (Å²) in [6.07, 6.45) is 4.21. The van der Waals surface area contributed by atoms with Gasteiger partial charge in [-0.25, -0.2) is 13.4 Å². The van der Waals surface area contributed by atoms with E-state index in [0.717, 1.165) is 24.8 Å². The first-order valence-electron chi connectivity index (χ1n) is 8.48. The number of amides is 1. The number of halogens is 2. The van der Waals surface area contributed by atoms with Crippen molar-refractivity contribution >= 4 is 51.6 Å². The van der Waals surface area contributed by atoms with E-state index in [4.69, 9.17) is 5.73 Å². The van der Waals surface area contributed by atoms with Gasteiger partial charge in [0.05, 0.1) is 11.0 Å². The number of imidazole rings is 1. The third kappa shape index (κ3) is 5.81. The van der Waals surface area contributed by atoms with Crippen LogP contribution in [0.25, 0.3) is 11.0 Å². The van der Waals surface area contributed by atoms with Crippen LogP contribution in [0.1, 0.15) is 25.1 Å². The maximum Gasteiger partial charge on any atom is 0.240 e. The summed E-state index contributed by atoms with van der Waals surface area (Å²) in [6.45, 7) is 0.622. The Morgan fingerprint density at radius 3 is 2.67 bits per heavy atom. The zero-order valence-electron chi connectivity index (χ0n) is 15.1. The molecule has 1 aromatic heterocycles. The van der Waals surface area contributed by atoms with Crippen LogP contribution in [0.3, 0.4) is 0 Å². The maximum atomic E-state index is 12.5. The first-order valence-corrected chi connectivity index (χ1v) is 10.5. The molecule has 10 heteroatoms. The first-order chi connectivity index (χ1) is 11.9. The third-order valence-corrected chi connectivity index (χ3v) is 5.52. The van der Waals surface area contributed by atoms with Crippen LogP contribution in [0.5, 0.6) is 0 Å². The molecule has 0 saturated heterocycles. The lowest BCUT2D eigenvalue weighted by molar-refractivity contribution is -0.122. The van der Waals surface area contributed by atoms with E-state index in [-0.39, 0.29) is 49.1 Å². The Hall–Kier alpha value is -1.35. The molecule has 1 saturated carbocycles. The minimum Gasteiger partial charge on any atom is -0.351 e. The average molecular weight is 437 g/mol. The second-order valence-electron chi connectivity index (χ2n) is 6.77. The van der Waals surface area contributed by atoms with Gasteiger partial charge in [0.15, 0.2) is 9.84 Å². The third-order valence-electron chi connectivity index (χ3n) is 4.73. The fourth-order valence-electron chi connectivity index (χ4n) is 3.55. The van der Waals surface area contributed by atoms with Gasteiger partial charge in [-0.15, -0.1) is 24.8 Å². The predicted octanol–water partition coefficient (Wildman–Crippen LogP) is 1.67. The van der Waals surface area contributed by atoms with Gasteiger partial charge in [0.2, 0.25) is 5.91 Å². The first kappa shape index (κ1) is 23.7. The minimum atomic E-state index is -3.25. The van der Waals surface area contributed by atoms with E-state index in [9.17, 15) is 13.2 Å². The van der Waals surface area contributed by atoms with Crippen molar-refractivity contribution in [1.29, 1.82) is 0 Å². The molecule has 1 amide bonds. The van der Waals surface area contributed by atoms with Gasteiger partial charge in [-0.3, -0.25) is 4.79 Å². The number of aromatic nitrogens is 2. The molecule has 0 radical (unpaired) electrons. The van der Waals surface area contributed by atoms with E-state index in [1.165, 1.54) is 6.26 Å². The summed E-state index contributed by atoms with van der Waals surface area (Å²) in [7, 11) is -3.25. The van der Waals surface area contributed by atoms with Gasteiger partial charge in [-0.2, -0.15) is 0 Å². The molecule has 0 aliphatic heterocycles. The molecule has 0 spiro atoms. The lowest BCUT2D eigenvalue weighted by atomic mass is 10.0. The molecule has 2 atom stereocenters. The number of para-hydroxylation sites is 2. The van der Waals surface area contributed by atoms with Crippen LogP contribution < -0.4 is 11.1 Å². The summed E-state index contributed by atoms with van der Waals surface area (Å²) < 4.78 is 25.1. The topological polar surface area (TPSA) is 107 Å². The molecular weight excluding hydrogens is 411 g/mol. The minimum absolute atomic E-state index is 0. The molecule has 152 valence electrons. The summed E-state index contributed by atoms with van der Waals surface area (Å²) in [5.74, 6) is 0.381. The van der Waals surface area contributed by atoms with Crippen molar-refractivity contribution < 1.29 is 13.2 Å². The van der Waals surface area contributed by atoms with Crippen molar-refractivity contribution in [3.8, 4) is 0 Å². The molecule has 2 aromatic rings. The number of fused-ring (bicyclic) bond motifs is 1. The van der Waals surface area contributed by atoms with Crippen LogP contribution in [0, 0.1) is 5.92 Å². The number of hydrogen-bond acceptors (Lipinski definition) is 5. The van der Waals surface area contributed by atoms with Crippen LogP contribution in [0.4, 0.5) is 0 Å². The van der Waals surface area contributed by atoms with Gasteiger partial charge in [-0.05, 0) is 37.4 Å². The van der Waals surface area contributed by atoms with Crippen molar-refractivity contribution in [2.75, 3.05) is 12.8 Å². The molecule has 3 rings (SSSR count). The number of hydrogen-bond donors (Lipinski definition) is 2. The largest absolute Gasteiger partial charge is 0.351 e. The summed E-state index contributed by atoms with van der Waals surface area (Å²) >= 11 is 0. The van der Waals surface area contributed by atoms with Crippen molar-refractivity contribution in [3.63, 3.8) is 0 Å². The molecule has 1 aliphatic rings. The standard InChI is InChI=1S/C17H24N4O3S.2ClH/c1-25(23,24)11-16-19-14-6-2-3-8-15(14)21(16)10-17(22)20-13-7-4-5-12(13)9-18;;/h2-3,6,8,12-13H,4-5,7,9-11,18H2,1H3,(H,20,22);2*1H. The van der Waals surface area contributed by atoms with E-state index < -0.39 is 9.84 Å². The average Bonchev–Trinajstić information content (AvgIpc) is 3.11. The molecule has 1 aliphatic carbocycles. The van der Waals surface area contributed by atoms with Crippen molar-refractivity contribution in [1.82, 2.24) is 14.9 Å². The van der Waals surface area contributed by atoms with Gasteiger partial charge in [0, 0.05) is 12.3 Å². The second kappa shape index (κ2) is 9.73. The summed E-state index contributed by atoms with van der Waals surface area (Å²) in [6, 6.07) is 7.46. The van der Waals surface area contributed by atoms with Crippen LogP contribution in [0.2, 0.25) is 0 Å². The number of nitrogens with two attached hydrogens (primary N) is 1. The smallest absolute Gasteiger partial charge is 0.240 e. The zero-order chi connectivity index (χ0) is 18.0. The van der Waals surface area contributed by atoms with Crippen LogP contribution in [-0.4, -0.2) is 42.7 Å².